The molecule has 0 aliphatic carbocycles. The maximum absolute atomic E-state index is 11.7. The topological polar surface area (TPSA) is 40.9 Å². The molecule has 0 spiro atoms. The molecule has 2 nitrogen and oxygen atoms in total. The molecular formula is C13H15NO. The van der Waals surface area contributed by atoms with E-state index in [0.29, 0.717) is 19.3 Å². The van der Waals surface area contributed by atoms with Crippen LogP contribution in [0.4, 0.5) is 0 Å². The Labute approximate surface area is 90.5 Å². The third-order valence-electron chi connectivity index (χ3n) is 2.52. The number of aryl methyl sites for hydroxylation is 2. The number of rotatable bonds is 4. The average molecular weight is 201 g/mol. The van der Waals surface area contributed by atoms with E-state index in [1.54, 1.807) is 0 Å². The zero-order valence-corrected chi connectivity index (χ0v) is 9.21. The lowest BCUT2D eigenvalue weighted by Crippen LogP contribution is -1.99. The molecule has 0 aromatic heterocycles. The van der Waals surface area contributed by atoms with Crippen LogP contribution in [0.25, 0.3) is 0 Å². The van der Waals surface area contributed by atoms with Crippen LogP contribution in [0.5, 0.6) is 0 Å². The van der Waals surface area contributed by atoms with Crippen LogP contribution >= 0.6 is 0 Å². The van der Waals surface area contributed by atoms with Crippen LogP contribution < -0.4 is 0 Å². The van der Waals surface area contributed by atoms with Crippen molar-refractivity contribution in [2.75, 3.05) is 0 Å². The molecule has 0 amide bonds. The van der Waals surface area contributed by atoms with Gasteiger partial charge in [0.1, 0.15) is 0 Å². The summed E-state index contributed by atoms with van der Waals surface area (Å²) in [5, 5.41) is 8.37. The average Bonchev–Trinajstić information content (AvgIpc) is 2.22. The fraction of sp³-hybridized carbons (Fsp3) is 0.385. The Morgan fingerprint density at radius 1 is 1.33 bits per heavy atom. The molecule has 0 N–H and O–H groups in total. The van der Waals surface area contributed by atoms with Crippen molar-refractivity contribution in [3.63, 3.8) is 0 Å². The molecule has 1 aromatic rings. The Morgan fingerprint density at radius 2 is 2.07 bits per heavy atom. The number of ketones is 1. The monoisotopic (exact) mass is 201 g/mol. The maximum atomic E-state index is 11.7. The van der Waals surface area contributed by atoms with Gasteiger partial charge in [0.15, 0.2) is 5.78 Å². The molecule has 0 atom stereocenters. The highest BCUT2D eigenvalue weighted by Gasteiger charge is 2.06. The first-order chi connectivity index (χ1) is 7.15. The molecule has 0 aliphatic heterocycles. The Bertz CT molecular complexity index is 401. The first-order valence-electron chi connectivity index (χ1n) is 5.12. The molecular weight excluding hydrogens is 186 g/mol. The van der Waals surface area contributed by atoms with E-state index in [4.69, 9.17) is 5.26 Å². The van der Waals surface area contributed by atoms with Crippen LogP contribution in [-0.2, 0) is 0 Å². The summed E-state index contributed by atoms with van der Waals surface area (Å²) in [5.74, 6) is 0.133. The van der Waals surface area contributed by atoms with E-state index in [9.17, 15) is 4.79 Å². The molecule has 78 valence electrons. The van der Waals surface area contributed by atoms with Crippen LogP contribution in [0.15, 0.2) is 18.2 Å². The van der Waals surface area contributed by atoms with Gasteiger partial charge in [-0.25, -0.2) is 0 Å². The van der Waals surface area contributed by atoms with Gasteiger partial charge in [-0.3, -0.25) is 4.79 Å². The zero-order chi connectivity index (χ0) is 11.3. The van der Waals surface area contributed by atoms with E-state index in [-0.39, 0.29) is 5.78 Å². The van der Waals surface area contributed by atoms with Crippen LogP contribution in [0.3, 0.4) is 0 Å². The van der Waals surface area contributed by atoms with Crippen molar-refractivity contribution in [3.8, 4) is 6.07 Å². The molecule has 0 saturated carbocycles. The maximum Gasteiger partial charge on any atom is 0.162 e. The SMILES string of the molecule is Cc1ccc(C(=O)CCCC#N)cc1C. The molecule has 0 saturated heterocycles. The Kier molecular flexibility index (Phi) is 4.05. The van der Waals surface area contributed by atoms with Gasteiger partial charge in [0.2, 0.25) is 0 Å². The lowest BCUT2D eigenvalue weighted by Gasteiger charge is -2.03. The zero-order valence-electron chi connectivity index (χ0n) is 9.21. The predicted octanol–water partition coefficient (Wildman–Crippen LogP) is 3.18. The van der Waals surface area contributed by atoms with E-state index in [1.165, 1.54) is 5.56 Å². The van der Waals surface area contributed by atoms with E-state index in [2.05, 4.69) is 0 Å². The summed E-state index contributed by atoms with van der Waals surface area (Å²) in [5.41, 5.74) is 3.10. The second kappa shape index (κ2) is 5.31. The number of carbonyl (C=O) groups excluding carboxylic acids is 1. The number of unbranched alkanes of at least 4 members (excludes halogenated alkanes) is 1. The van der Waals surface area contributed by atoms with Gasteiger partial charge in [-0.05, 0) is 37.5 Å². The summed E-state index contributed by atoms with van der Waals surface area (Å²) in [4.78, 5) is 11.7. The third kappa shape index (κ3) is 3.21. The van der Waals surface area contributed by atoms with Gasteiger partial charge in [0, 0.05) is 18.4 Å². The molecule has 0 fully saturated rings. The first kappa shape index (κ1) is 11.5. The molecule has 15 heavy (non-hydrogen) atoms. The Morgan fingerprint density at radius 3 is 2.67 bits per heavy atom. The molecule has 2 heteroatoms. The quantitative estimate of drug-likeness (QED) is 0.554. The molecule has 0 heterocycles. The number of benzene rings is 1. The van der Waals surface area contributed by atoms with Crippen molar-refractivity contribution < 1.29 is 4.79 Å². The minimum Gasteiger partial charge on any atom is -0.294 e. The number of carbonyl (C=O) groups is 1. The van der Waals surface area contributed by atoms with E-state index in [1.807, 2.05) is 38.1 Å². The van der Waals surface area contributed by atoms with E-state index >= 15 is 0 Å². The van der Waals surface area contributed by atoms with Crippen molar-refractivity contribution in [2.45, 2.75) is 33.1 Å². The standard InChI is InChI=1S/C13H15NO/c1-10-6-7-12(9-11(10)2)13(15)5-3-4-8-14/h6-7,9H,3-5H2,1-2H3. The first-order valence-corrected chi connectivity index (χ1v) is 5.12. The molecule has 0 aliphatic rings. The van der Waals surface area contributed by atoms with Crippen molar-refractivity contribution in [1.82, 2.24) is 0 Å². The minimum absolute atomic E-state index is 0.133. The summed E-state index contributed by atoms with van der Waals surface area (Å²) in [6, 6.07) is 7.79. The molecule has 0 unspecified atom stereocenters. The van der Waals surface area contributed by atoms with Gasteiger partial charge >= 0.3 is 0 Å². The predicted molar refractivity (Wildman–Crippen MR) is 59.7 cm³/mol. The van der Waals surface area contributed by atoms with Crippen molar-refractivity contribution in [1.29, 1.82) is 5.26 Å². The van der Waals surface area contributed by atoms with Crippen LogP contribution in [0, 0.1) is 25.2 Å². The highest BCUT2D eigenvalue weighted by molar-refractivity contribution is 5.96. The van der Waals surface area contributed by atoms with Crippen LogP contribution in [0.2, 0.25) is 0 Å². The van der Waals surface area contributed by atoms with Gasteiger partial charge in [0.25, 0.3) is 0 Å². The second-order valence-corrected chi connectivity index (χ2v) is 3.73. The van der Waals surface area contributed by atoms with Crippen molar-refractivity contribution in [2.24, 2.45) is 0 Å². The lowest BCUT2D eigenvalue weighted by molar-refractivity contribution is 0.0980. The second-order valence-electron chi connectivity index (χ2n) is 3.73. The minimum atomic E-state index is 0.133. The summed E-state index contributed by atoms with van der Waals surface area (Å²) >= 11 is 0. The summed E-state index contributed by atoms with van der Waals surface area (Å²) < 4.78 is 0. The van der Waals surface area contributed by atoms with Crippen molar-refractivity contribution >= 4 is 5.78 Å². The van der Waals surface area contributed by atoms with Gasteiger partial charge in [-0.1, -0.05) is 12.1 Å². The molecule has 1 aromatic carbocycles. The number of Topliss-reactive ketones (excluding diaryl/α,β-unsaturated/α-hetero) is 1. The highest BCUT2D eigenvalue weighted by Crippen LogP contribution is 2.12. The molecule has 1 rings (SSSR count). The van der Waals surface area contributed by atoms with Crippen molar-refractivity contribution in [3.05, 3.63) is 34.9 Å². The Hall–Kier alpha value is -1.62. The van der Waals surface area contributed by atoms with Gasteiger partial charge in [0.05, 0.1) is 6.07 Å². The van der Waals surface area contributed by atoms with Gasteiger partial charge < -0.3 is 0 Å². The number of hydrogen-bond donors (Lipinski definition) is 0. The summed E-state index contributed by atoms with van der Waals surface area (Å²) in [6.07, 6.45) is 1.58. The Balaban J connectivity index is 2.67. The lowest BCUT2D eigenvalue weighted by atomic mass is 10.0. The fourth-order valence-corrected chi connectivity index (χ4v) is 1.39. The number of nitriles is 1. The normalized spacial score (nSPS) is 9.67. The third-order valence-corrected chi connectivity index (χ3v) is 2.52. The van der Waals surface area contributed by atoms with Gasteiger partial charge in [-0.2, -0.15) is 5.26 Å². The number of nitrogens with zero attached hydrogens (tertiary/aromatic N) is 1. The van der Waals surface area contributed by atoms with Crippen LogP contribution in [-0.4, -0.2) is 5.78 Å². The summed E-state index contributed by atoms with van der Waals surface area (Å²) in [6.45, 7) is 4.03. The van der Waals surface area contributed by atoms with Gasteiger partial charge in [-0.15, -0.1) is 0 Å². The molecule has 0 radical (unpaired) electrons. The summed E-state index contributed by atoms with van der Waals surface area (Å²) in [7, 11) is 0. The smallest absolute Gasteiger partial charge is 0.162 e. The van der Waals surface area contributed by atoms with E-state index < -0.39 is 0 Å². The van der Waals surface area contributed by atoms with E-state index in [0.717, 1.165) is 11.1 Å². The largest absolute Gasteiger partial charge is 0.294 e. The molecule has 0 bridgehead atoms. The van der Waals surface area contributed by atoms with Crippen LogP contribution in [0.1, 0.15) is 40.7 Å². The number of hydrogen-bond acceptors (Lipinski definition) is 2. The fourth-order valence-electron chi connectivity index (χ4n) is 1.39. The highest BCUT2D eigenvalue weighted by atomic mass is 16.1.